The maximum absolute atomic E-state index is 13.3. The van der Waals surface area contributed by atoms with Crippen LogP contribution in [0.2, 0.25) is 15.1 Å². The first kappa shape index (κ1) is 13.3. The van der Waals surface area contributed by atoms with Crippen molar-refractivity contribution >= 4 is 51.9 Å². The summed E-state index contributed by atoms with van der Waals surface area (Å²) in [4.78, 5) is 0. The fourth-order valence-corrected chi connectivity index (χ4v) is 2.16. The van der Waals surface area contributed by atoms with E-state index >= 15 is 0 Å². The molecular weight excluding hydrogens is 298 g/mol. The van der Waals surface area contributed by atoms with Crippen LogP contribution in [-0.2, 0) is 0 Å². The van der Waals surface area contributed by atoms with E-state index < -0.39 is 5.82 Å². The molecular formula is C12H8Cl3FN2. The van der Waals surface area contributed by atoms with Gasteiger partial charge in [0.2, 0.25) is 0 Å². The average molecular weight is 306 g/mol. The van der Waals surface area contributed by atoms with Crippen LogP contribution in [0.15, 0.2) is 30.3 Å². The van der Waals surface area contributed by atoms with Gasteiger partial charge in [-0.3, -0.25) is 0 Å². The summed E-state index contributed by atoms with van der Waals surface area (Å²) in [5.74, 6) is -0.656. The van der Waals surface area contributed by atoms with Gasteiger partial charge in [0.15, 0.2) is 5.82 Å². The second-order valence-corrected chi connectivity index (χ2v) is 4.80. The van der Waals surface area contributed by atoms with E-state index in [1.54, 1.807) is 18.2 Å². The third-order valence-electron chi connectivity index (χ3n) is 2.30. The molecule has 0 aliphatic carbocycles. The summed E-state index contributed by atoms with van der Waals surface area (Å²) in [6.45, 7) is 0. The topological polar surface area (TPSA) is 38.0 Å². The molecule has 0 fully saturated rings. The fourth-order valence-electron chi connectivity index (χ4n) is 1.44. The molecule has 2 aromatic rings. The number of anilines is 3. The first-order valence-corrected chi connectivity index (χ1v) is 6.08. The number of halogens is 4. The Bertz CT molecular complexity index is 559. The minimum Gasteiger partial charge on any atom is -0.397 e. The molecule has 2 rings (SSSR count). The van der Waals surface area contributed by atoms with Gasteiger partial charge < -0.3 is 11.1 Å². The molecule has 0 aromatic heterocycles. The first-order chi connectivity index (χ1) is 8.49. The van der Waals surface area contributed by atoms with Crippen molar-refractivity contribution in [2.45, 2.75) is 0 Å². The van der Waals surface area contributed by atoms with Gasteiger partial charge in [-0.25, -0.2) is 4.39 Å². The molecule has 18 heavy (non-hydrogen) atoms. The van der Waals surface area contributed by atoms with Crippen LogP contribution < -0.4 is 11.1 Å². The molecule has 0 aliphatic rings. The average Bonchev–Trinajstić information content (AvgIpc) is 2.31. The van der Waals surface area contributed by atoms with E-state index in [4.69, 9.17) is 40.5 Å². The monoisotopic (exact) mass is 304 g/mol. The van der Waals surface area contributed by atoms with Crippen LogP contribution in [0, 0.1) is 5.82 Å². The molecule has 0 amide bonds. The van der Waals surface area contributed by atoms with Crippen LogP contribution in [-0.4, -0.2) is 0 Å². The molecule has 3 N–H and O–H groups in total. The fraction of sp³-hybridized carbons (Fsp3) is 0. The highest BCUT2D eigenvalue weighted by Gasteiger charge is 2.10. The lowest BCUT2D eigenvalue weighted by atomic mass is 10.2. The van der Waals surface area contributed by atoms with Crippen molar-refractivity contribution < 1.29 is 4.39 Å². The summed E-state index contributed by atoms with van der Waals surface area (Å²) in [5.41, 5.74) is 7.29. The molecule has 0 heterocycles. The summed E-state index contributed by atoms with van der Waals surface area (Å²) >= 11 is 17.4. The zero-order valence-electron chi connectivity index (χ0n) is 8.98. The van der Waals surface area contributed by atoms with Crippen LogP contribution in [0.5, 0.6) is 0 Å². The Morgan fingerprint density at radius 3 is 2.17 bits per heavy atom. The van der Waals surface area contributed by atoms with E-state index in [2.05, 4.69) is 5.32 Å². The zero-order chi connectivity index (χ0) is 13.3. The summed E-state index contributed by atoms with van der Waals surface area (Å²) < 4.78 is 13.3. The second kappa shape index (κ2) is 5.22. The van der Waals surface area contributed by atoms with Gasteiger partial charge in [0.1, 0.15) is 0 Å². The predicted molar refractivity (Wildman–Crippen MR) is 75.6 cm³/mol. The van der Waals surface area contributed by atoms with Crippen molar-refractivity contribution in [3.8, 4) is 0 Å². The number of hydrogen-bond acceptors (Lipinski definition) is 2. The normalized spacial score (nSPS) is 10.4. The Balaban J connectivity index is 2.41. The molecule has 0 atom stereocenters. The lowest BCUT2D eigenvalue weighted by Crippen LogP contribution is -1.97. The highest BCUT2D eigenvalue weighted by Crippen LogP contribution is 2.34. The first-order valence-electron chi connectivity index (χ1n) is 4.94. The van der Waals surface area contributed by atoms with E-state index in [-0.39, 0.29) is 10.0 Å². The number of nitrogens with one attached hydrogen (secondary N) is 1. The molecule has 2 aromatic carbocycles. The van der Waals surface area contributed by atoms with Gasteiger partial charge in [-0.1, -0.05) is 40.9 Å². The maximum Gasteiger partial charge on any atom is 0.160 e. The van der Waals surface area contributed by atoms with Gasteiger partial charge in [-0.05, 0) is 24.3 Å². The highest BCUT2D eigenvalue weighted by molar-refractivity contribution is 6.35. The Kier molecular flexibility index (Phi) is 3.85. The van der Waals surface area contributed by atoms with Crippen molar-refractivity contribution in [2.75, 3.05) is 11.1 Å². The van der Waals surface area contributed by atoms with Crippen molar-refractivity contribution in [2.24, 2.45) is 0 Å². The summed E-state index contributed by atoms with van der Waals surface area (Å²) in [5, 5.41) is 3.26. The summed E-state index contributed by atoms with van der Waals surface area (Å²) in [6, 6.07) is 7.93. The Labute approximate surface area is 118 Å². The Morgan fingerprint density at radius 1 is 1.00 bits per heavy atom. The number of nitrogen functional groups attached to an aromatic ring is 1. The van der Waals surface area contributed by atoms with Gasteiger partial charge in [0.05, 0.1) is 26.4 Å². The molecule has 0 spiro atoms. The lowest BCUT2D eigenvalue weighted by Gasteiger charge is -2.12. The molecule has 94 valence electrons. The van der Waals surface area contributed by atoms with Gasteiger partial charge in [0.25, 0.3) is 0 Å². The lowest BCUT2D eigenvalue weighted by molar-refractivity contribution is 0.629. The van der Waals surface area contributed by atoms with E-state index in [1.165, 1.54) is 12.1 Å². The third-order valence-corrected chi connectivity index (χ3v) is 3.16. The molecule has 0 unspecified atom stereocenters. The largest absolute Gasteiger partial charge is 0.397 e. The highest BCUT2D eigenvalue weighted by atomic mass is 35.5. The van der Waals surface area contributed by atoms with Crippen molar-refractivity contribution in [3.63, 3.8) is 0 Å². The molecule has 0 saturated carbocycles. The second-order valence-electron chi connectivity index (χ2n) is 3.58. The SMILES string of the molecule is Nc1cccc(Cl)c1Nc1cc(Cl)c(F)c(Cl)c1. The summed E-state index contributed by atoms with van der Waals surface area (Å²) in [6.07, 6.45) is 0. The molecule has 2 nitrogen and oxygen atoms in total. The number of para-hydroxylation sites is 1. The van der Waals surface area contributed by atoms with E-state index in [0.717, 1.165) is 0 Å². The predicted octanol–water partition coefficient (Wildman–Crippen LogP) is 5.11. The van der Waals surface area contributed by atoms with Gasteiger partial charge in [0, 0.05) is 5.69 Å². The van der Waals surface area contributed by atoms with Crippen molar-refractivity contribution in [1.82, 2.24) is 0 Å². The van der Waals surface area contributed by atoms with E-state index in [1.807, 2.05) is 0 Å². The molecule has 0 aliphatic heterocycles. The Hall–Kier alpha value is -1.16. The Morgan fingerprint density at radius 2 is 1.61 bits per heavy atom. The van der Waals surface area contributed by atoms with Crippen LogP contribution in [0.4, 0.5) is 21.5 Å². The molecule has 0 radical (unpaired) electrons. The smallest absolute Gasteiger partial charge is 0.160 e. The molecule has 0 saturated heterocycles. The third kappa shape index (κ3) is 2.64. The van der Waals surface area contributed by atoms with E-state index in [9.17, 15) is 4.39 Å². The number of nitrogens with two attached hydrogens (primary N) is 1. The zero-order valence-corrected chi connectivity index (χ0v) is 11.2. The van der Waals surface area contributed by atoms with Crippen molar-refractivity contribution in [1.29, 1.82) is 0 Å². The van der Waals surface area contributed by atoms with Gasteiger partial charge >= 0.3 is 0 Å². The van der Waals surface area contributed by atoms with E-state index in [0.29, 0.717) is 22.1 Å². The molecule has 6 heteroatoms. The van der Waals surface area contributed by atoms with Crippen LogP contribution >= 0.6 is 34.8 Å². The minimum absolute atomic E-state index is 0.0735. The van der Waals surface area contributed by atoms with Crippen LogP contribution in [0.3, 0.4) is 0 Å². The van der Waals surface area contributed by atoms with Crippen LogP contribution in [0.1, 0.15) is 0 Å². The number of hydrogen-bond donors (Lipinski definition) is 2. The number of rotatable bonds is 2. The quantitative estimate of drug-likeness (QED) is 0.597. The number of benzene rings is 2. The standard InChI is InChI=1S/C12H8Cl3FN2/c13-7-2-1-3-10(17)12(7)18-6-4-8(14)11(16)9(15)5-6/h1-5,18H,17H2. The maximum atomic E-state index is 13.3. The minimum atomic E-state index is -0.656. The van der Waals surface area contributed by atoms with Crippen molar-refractivity contribution in [3.05, 3.63) is 51.2 Å². The van der Waals surface area contributed by atoms with Crippen LogP contribution in [0.25, 0.3) is 0 Å². The van der Waals surface area contributed by atoms with Gasteiger partial charge in [-0.15, -0.1) is 0 Å². The van der Waals surface area contributed by atoms with Gasteiger partial charge in [-0.2, -0.15) is 0 Å². The molecule has 0 bridgehead atoms. The summed E-state index contributed by atoms with van der Waals surface area (Å²) in [7, 11) is 0.